The van der Waals surface area contributed by atoms with Crippen LogP contribution in [0.2, 0.25) is 0 Å². The maximum atomic E-state index is 12.1. The van der Waals surface area contributed by atoms with Crippen LogP contribution < -0.4 is 32.6 Å². The number of aromatic nitrogens is 3. The summed E-state index contributed by atoms with van der Waals surface area (Å²) in [6, 6.07) is 14.1. The zero-order chi connectivity index (χ0) is 32.8. The average molecular weight is 602 g/mol. The summed E-state index contributed by atoms with van der Waals surface area (Å²) in [5.74, 6) is -1.71. The Hall–Kier alpha value is -6.98. The summed E-state index contributed by atoms with van der Waals surface area (Å²) in [7, 11) is 2.87. The van der Waals surface area contributed by atoms with Crippen molar-refractivity contribution in [2.75, 3.05) is 14.1 Å². The second-order valence-electron chi connectivity index (χ2n) is 9.18. The van der Waals surface area contributed by atoms with Gasteiger partial charge in [-0.3, -0.25) is 29.3 Å². The average Bonchev–Trinajstić information content (AvgIpc) is 3.60. The van der Waals surface area contributed by atoms with E-state index in [-0.39, 0.29) is 28.4 Å². The topological polar surface area (TPSA) is 185 Å². The minimum Gasteiger partial charge on any atom is -0.494 e. The first-order chi connectivity index (χ1) is 21.6. The van der Waals surface area contributed by atoms with E-state index < -0.39 is 28.9 Å². The summed E-state index contributed by atoms with van der Waals surface area (Å²) in [4.78, 5) is 68.5. The highest BCUT2D eigenvalue weighted by Gasteiger charge is 2.29. The molecule has 0 saturated heterocycles. The van der Waals surface area contributed by atoms with Crippen LogP contribution >= 0.6 is 0 Å². The van der Waals surface area contributed by atoms with Crippen LogP contribution in [-0.2, 0) is 9.59 Å². The summed E-state index contributed by atoms with van der Waals surface area (Å²) >= 11 is 0. The molecule has 2 amide bonds. The van der Waals surface area contributed by atoms with Crippen LogP contribution in [-0.4, -0.2) is 51.7 Å². The van der Waals surface area contributed by atoms with Crippen molar-refractivity contribution in [3.05, 3.63) is 137 Å². The predicted molar refractivity (Wildman–Crippen MR) is 166 cm³/mol. The number of hydrogen-bond acceptors (Lipinski definition) is 6. The highest BCUT2D eigenvalue weighted by molar-refractivity contribution is 6.23. The van der Waals surface area contributed by atoms with E-state index in [4.69, 9.17) is 19.7 Å². The van der Waals surface area contributed by atoms with Crippen LogP contribution in [0.5, 0.6) is 5.88 Å². The smallest absolute Gasteiger partial charge is 0.328 e. The Morgan fingerprint density at radius 3 is 1.89 bits per heavy atom. The molecule has 2 aromatic heterocycles. The molecule has 2 aromatic carbocycles. The quantitative estimate of drug-likeness (QED) is 0.151. The van der Waals surface area contributed by atoms with Crippen molar-refractivity contribution in [1.82, 2.24) is 25.6 Å². The highest BCUT2D eigenvalue weighted by Crippen LogP contribution is 2.34. The predicted octanol–water partition coefficient (Wildman–Crippen LogP) is 0.942. The Balaban J connectivity index is 0.000000210. The van der Waals surface area contributed by atoms with Crippen molar-refractivity contribution in [2.45, 2.75) is 6.92 Å². The van der Waals surface area contributed by atoms with Crippen molar-refractivity contribution in [1.29, 1.82) is 0 Å². The number of likely N-dealkylation sites (N-methyl/N-ethyl adjacent to an activating group) is 2. The Kier molecular flexibility index (Phi) is 8.88. The van der Waals surface area contributed by atoms with Gasteiger partial charge in [0.2, 0.25) is 5.88 Å². The lowest BCUT2D eigenvalue weighted by Gasteiger charge is -2.04. The molecule has 5 rings (SSSR count). The molecule has 0 bridgehead atoms. The maximum absolute atomic E-state index is 12.1. The number of aromatic amines is 3. The number of aromatic hydroxyl groups is 1. The molecule has 14 heteroatoms. The number of H-pyrrole nitrogens is 3. The van der Waals surface area contributed by atoms with E-state index in [2.05, 4.69) is 40.1 Å². The van der Waals surface area contributed by atoms with E-state index in [1.165, 1.54) is 14.1 Å². The molecule has 0 spiro atoms. The van der Waals surface area contributed by atoms with Crippen LogP contribution in [0, 0.1) is 19.7 Å². The molecule has 4 aromatic rings. The SMILES string of the molecule is [C-]#[N+]/C(C(=O)NC)=C1/N=C(c2c(O)[nH]c(=O)[nH]c2=O)c2ccccc21.[C-]#[N+]/C(C)=c1/[nH]/c(=C(/[N+]#[C-])C(=O)NC)c2ccccc12. The molecule has 6 N–H and O–H groups in total. The van der Waals surface area contributed by atoms with Gasteiger partial charge >= 0.3 is 5.69 Å². The maximum Gasteiger partial charge on any atom is 0.328 e. The zero-order valence-corrected chi connectivity index (χ0v) is 24.0. The Labute approximate surface area is 254 Å². The number of nitrogens with zero attached hydrogens (tertiary/aromatic N) is 4. The number of aliphatic imine (C=N–C) groups is 1. The number of nitrogens with one attached hydrogen (secondary N) is 5. The van der Waals surface area contributed by atoms with Crippen LogP contribution in [0.25, 0.3) is 42.4 Å². The summed E-state index contributed by atoms with van der Waals surface area (Å²) in [6.45, 7) is 23.3. The first-order valence-corrected chi connectivity index (χ1v) is 13.0. The zero-order valence-electron chi connectivity index (χ0n) is 24.0. The minimum absolute atomic E-state index is 0.00673. The van der Waals surface area contributed by atoms with Gasteiger partial charge < -0.3 is 20.7 Å². The van der Waals surface area contributed by atoms with E-state index in [1.807, 2.05) is 29.2 Å². The van der Waals surface area contributed by atoms with E-state index in [1.54, 1.807) is 31.2 Å². The van der Waals surface area contributed by atoms with Crippen molar-refractivity contribution in [3.63, 3.8) is 0 Å². The lowest BCUT2D eigenvalue weighted by molar-refractivity contribution is -0.117. The number of fused-ring (bicyclic) bond motifs is 2. The fourth-order valence-corrected chi connectivity index (χ4v) is 4.57. The van der Waals surface area contributed by atoms with Crippen LogP contribution in [0.1, 0.15) is 23.6 Å². The van der Waals surface area contributed by atoms with E-state index in [0.29, 0.717) is 27.5 Å². The fraction of sp³-hybridized carbons (Fsp3) is 0.0968. The van der Waals surface area contributed by atoms with Gasteiger partial charge in [0.25, 0.3) is 28.8 Å². The second kappa shape index (κ2) is 12.9. The van der Waals surface area contributed by atoms with Gasteiger partial charge in [0.15, 0.2) is 5.70 Å². The fourth-order valence-electron chi connectivity index (χ4n) is 4.57. The molecular weight excluding hydrogens is 578 g/mol. The highest BCUT2D eigenvalue weighted by atomic mass is 16.3. The molecule has 222 valence electrons. The molecule has 45 heavy (non-hydrogen) atoms. The lowest BCUT2D eigenvalue weighted by atomic mass is 10.00. The summed E-state index contributed by atoms with van der Waals surface area (Å²) in [5.41, 5.74) is -0.625. The molecule has 1 aliphatic rings. The standard InChI is InChI=1S/C16H11N5O4.C15H12N4O/c1-17-12(15(24)18-2)11-8-6-4-3-5-7(8)10(19-11)9-13(22)20-16(25)21-14(9)23;1-9(16-2)12-10-7-5-6-8-11(10)13(19-12)14(17-3)15(20)18-4/h3-6H,2H3,(H,18,24)(H3,20,21,22,23,25);5-8,19H,1,4H3,(H,18,20)/b12-11+;12-9+,14-13+. The van der Waals surface area contributed by atoms with Gasteiger partial charge in [-0.15, -0.1) is 0 Å². The van der Waals surface area contributed by atoms with Crippen molar-refractivity contribution in [2.24, 2.45) is 4.99 Å². The van der Waals surface area contributed by atoms with Crippen molar-refractivity contribution in [3.8, 4) is 5.88 Å². The number of benzene rings is 2. The van der Waals surface area contributed by atoms with E-state index in [9.17, 15) is 24.3 Å². The molecule has 3 heterocycles. The minimum atomic E-state index is -0.860. The molecule has 0 aliphatic carbocycles. The van der Waals surface area contributed by atoms with Gasteiger partial charge in [0.1, 0.15) is 5.56 Å². The Morgan fingerprint density at radius 1 is 0.778 bits per heavy atom. The molecule has 0 radical (unpaired) electrons. The number of carbonyl (C=O) groups excluding carboxylic acids is 2. The summed E-state index contributed by atoms with van der Waals surface area (Å²) in [6.07, 6.45) is 0. The van der Waals surface area contributed by atoms with Gasteiger partial charge in [0, 0.05) is 25.0 Å². The first kappa shape index (κ1) is 31.0. The third-order valence-corrected chi connectivity index (χ3v) is 6.63. The molecule has 0 fully saturated rings. The summed E-state index contributed by atoms with van der Waals surface area (Å²) in [5, 5.41) is 17.5. The number of rotatable bonds is 3. The van der Waals surface area contributed by atoms with Gasteiger partial charge in [-0.2, -0.15) is 0 Å². The number of hydrogen-bond donors (Lipinski definition) is 6. The Bertz CT molecular complexity index is 2340. The van der Waals surface area contributed by atoms with Crippen LogP contribution in [0.15, 0.2) is 68.8 Å². The normalized spacial score (nSPS) is 13.8. The molecule has 0 atom stereocenters. The van der Waals surface area contributed by atoms with Gasteiger partial charge in [-0.05, 0) is 23.3 Å². The van der Waals surface area contributed by atoms with E-state index in [0.717, 1.165) is 10.8 Å². The van der Waals surface area contributed by atoms with Crippen molar-refractivity contribution < 1.29 is 14.7 Å². The molecule has 0 unspecified atom stereocenters. The largest absolute Gasteiger partial charge is 0.494 e. The van der Waals surface area contributed by atoms with Gasteiger partial charge in [-0.1, -0.05) is 48.5 Å². The number of amides is 2. The molecule has 14 nitrogen and oxygen atoms in total. The lowest BCUT2D eigenvalue weighted by Crippen LogP contribution is -2.27. The number of carbonyl (C=O) groups is 2. The van der Waals surface area contributed by atoms with Gasteiger partial charge in [-0.25, -0.2) is 19.3 Å². The van der Waals surface area contributed by atoms with Crippen LogP contribution in [0.4, 0.5) is 0 Å². The second-order valence-corrected chi connectivity index (χ2v) is 9.18. The van der Waals surface area contributed by atoms with Gasteiger partial charge in [0.05, 0.1) is 36.5 Å². The summed E-state index contributed by atoms with van der Waals surface area (Å²) < 4.78 is 0. The third-order valence-electron chi connectivity index (χ3n) is 6.63. The third kappa shape index (κ3) is 5.73. The Morgan fingerprint density at radius 2 is 1.33 bits per heavy atom. The molecular formula is C31H23N9O5. The molecule has 1 aliphatic heterocycles. The first-order valence-electron chi connectivity index (χ1n) is 13.0. The van der Waals surface area contributed by atoms with Crippen LogP contribution in [0.3, 0.4) is 0 Å². The van der Waals surface area contributed by atoms with E-state index >= 15 is 0 Å². The monoisotopic (exact) mass is 601 g/mol. The molecule has 0 saturated carbocycles. The van der Waals surface area contributed by atoms with Crippen molar-refractivity contribution >= 4 is 45.4 Å².